The number of carbonyl (C=O) groups excluding carboxylic acids is 1. The van der Waals surface area contributed by atoms with Crippen molar-refractivity contribution in [3.63, 3.8) is 0 Å². The average molecular weight is 484 g/mol. The van der Waals surface area contributed by atoms with Crippen molar-refractivity contribution < 1.29 is 24.5 Å². The van der Waals surface area contributed by atoms with E-state index in [0.717, 1.165) is 41.8 Å². The second kappa shape index (κ2) is 12.0. The molecule has 0 saturated carbocycles. The van der Waals surface area contributed by atoms with Gasteiger partial charge in [0.05, 0.1) is 24.9 Å². The van der Waals surface area contributed by atoms with Crippen LogP contribution in [0.3, 0.4) is 0 Å². The highest BCUT2D eigenvalue weighted by Crippen LogP contribution is 2.42. The van der Waals surface area contributed by atoms with E-state index in [1.807, 2.05) is 55.5 Å². The maximum absolute atomic E-state index is 11.7. The van der Waals surface area contributed by atoms with E-state index in [4.69, 9.17) is 9.47 Å². The number of nitrogens with zero attached hydrogens (tertiary/aromatic N) is 1. The highest BCUT2D eigenvalue weighted by Gasteiger charge is 2.39. The smallest absolute Gasteiger partial charge is 0.315 e. The monoisotopic (exact) mass is 483 g/mol. The summed E-state index contributed by atoms with van der Waals surface area (Å²) in [6, 6.07) is 15.6. The number of ether oxygens (including phenoxy) is 2. The normalized spacial score (nSPS) is 27.0. The van der Waals surface area contributed by atoms with Crippen LogP contribution in [0.4, 0.5) is 4.79 Å². The van der Waals surface area contributed by atoms with Crippen LogP contribution in [0.2, 0.25) is 0 Å². The van der Waals surface area contributed by atoms with E-state index >= 15 is 0 Å². The molecule has 2 saturated heterocycles. The quantitative estimate of drug-likeness (QED) is 0.461. The van der Waals surface area contributed by atoms with E-state index in [9.17, 15) is 15.0 Å². The first kappa shape index (κ1) is 25.6. The second-order valence-corrected chi connectivity index (χ2v) is 9.48. The molecular formula is C27H37N3O5. The van der Waals surface area contributed by atoms with E-state index in [2.05, 4.69) is 22.5 Å². The molecule has 2 aliphatic rings. The Labute approximate surface area is 207 Å². The summed E-state index contributed by atoms with van der Waals surface area (Å²) in [6.45, 7) is 7.33. The van der Waals surface area contributed by atoms with Crippen molar-refractivity contribution in [2.24, 2.45) is 5.92 Å². The summed E-state index contributed by atoms with van der Waals surface area (Å²) in [7, 11) is 0. The van der Waals surface area contributed by atoms with Crippen LogP contribution < -0.4 is 10.6 Å². The molecule has 2 heterocycles. The summed E-state index contributed by atoms with van der Waals surface area (Å²) in [5.41, 5.74) is 3.83. The van der Waals surface area contributed by atoms with Crippen LogP contribution in [-0.4, -0.2) is 59.5 Å². The maximum atomic E-state index is 11.7. The zero-order valence-corrected chi connectivity index (χ0v) is 20.5. The van der Waals surface area contributed by atoms with Crippen molar-refractivity contribution >= 4 is 6.03 Å². The summed E-state index contributed by atoms with van der Waals surface area (Å²) in [5, 5.41) is 25.0. The average Bonchev–Trinajstić information content (AvgIpc) is 3.29. The molecule has 4 N–H and O–H groups in total. The number of hydrogen-bond donors (Lipinski definition) is 4. The number of aliphatic hydroxyl groups is 2. The van der Waals surface area contributed by atoms with Gasteiger partial charge in [-0.05, 0) is 30.0 Å². The summed E-state index contributed by atoms with van der Waals surface area (Å²) < 4.78 is 13.0. The SMILES string of the molecule is CCNC(=O)NCc1ccc([C@@H]2O[C@H](CN3CC[C@H](O)C3)[C@H](C)[C@H](c3ccc(CO)cc3)O2)cc1. The number of nitrogens with one attached hydrogen (secondary N) is 2. The molecule has 0 spiro atoms. The Balaban J connectivity index is 1.50. The van der Waals surface area contributed by atoms with Gasteiger partial charge in [-0.3, -0.25) is 4.90 Å². The highest BCUT2D eigenvalue weighted by atomic mass is 16.7. The van der Waals surface area contributed by atoms with Gasteiger partial charge in [-0.2, -0.15) is 0 Å². The zero-order valence-electron chi connectivity index (χ0n) is 20.5. The number of urea groups is 1. The van der Waals surface area contributed by atoms with Gasteiger partial charge >= 0.3 is 6.03 Å². The number of β-amino-alcohol motifs (C(OH)–C–C–N with tert-alkyl or cyclic N) is 1. The molecule has 2 aliphatic heterocycles. The lowest BCUT2D eigenvalue weighted by atomic mass is 9.90. The Kier molecular flexibility index (Phi) is 8.75. The summed E-state index contributed by atoms with van der Waals surface area (Å²) in [6.07, 6.45) is -0.252. The molecule has 5 atom stereocenters. The van der Waals surface area contributed by atoms with Gasteiger partial charge in [-0.1, -0.05) is 55.5 Å². The van der Waals surface area contributed by atoms with Crippen LogP contribution in [0.25, 0.3) is 0 Å². The van der Waals surface area contributed by atoms with Gasteiger partial charge in [-0.15, -0.1) is 0 Å². The zero-order chi connectivity index (χ0) is 24.8. The van der Waals surface area contributed by atoms with E-state index in [0.29, 0.717) is 19.6 Å². The third-order valence-electron chi connectivity index (χ3n) is 6.85. The number of benzene rings is 2. The minimum atomic E-state index is -0.531. The van der Waals surface area contributed by atoms with Crippen molar-refractivity contribution in [3.8, 4) is 0 Å². The van der Waals surface area contributed by atoms with Crippen molar-refractivity contribution in [3.05, 3.63) is 70.8 Å². The molecule has 0 radical (unpaired) electrons. The number of hydrogen-bond acceptors (Lipinski definition) is 6. The Morgan fingerprint density at radius 1 is 1.03 bits per heavy atom. The molecule has 2 amide bonds. The number of carbonyl (C=O) groups is 1. The number of aliphatic hydroxyl groups excluding tert-OH is 2. The third kappa shape index (κ3) is 6.59. The molecule has 0 aliphatic carbocycles. The molecule has 190 valence electrons. The van der Waals surface area contributed by atoms with Gasteiger partial charge in [0.15, 0.2) is 6.29 Å². The molecule has 0 unspecified atom stereocenters. The van der Waals surface area contributed by atoms with E-state index in [1.165, 1.54) is 0 Å². The first-order valence-electron chi connectivity index (χ1n) is 12.5. The van der Waals surface area contributed by atoms with Crippen LogP contribution in [0.1, 0.15) is 54.9 Å². The lowest BCUT2D eigenvalue weighted by molar-refractivity contribution is -0.276. The number of amides is 2. The first-order chi connectivity index (χ1) is 17.0. The lowest BCUT2D eigenvalue weighted by Crippen LogP contribution is -2.44. The number of rotatable bonds is 8. The summed E-state index contributed by atoms with van der Waals surface area (Å²) >= 11 is 0. The minimum Gasteiger partial charge on any atom is -0.392 e. The fourth-order valence-electron chi connectivity index (χ4n) is 4.76. The van der Waals surface area contributed by atoms with Gasteiger partial charge in [0, 0.05) is 44.2 Å². The molecule has 35 heavy (non-hydrogen) atoms. The van der Waals surface area contributed by atoms with Crippen molar-refractivity contribution in [2.75, 3.05) is 26.2 Å². The maximum Gasteiger partial charge on any atom is 0.315 e. The van der Waals surface area contributed by atoms with Crippen LogP contribution in [0.15, 0.2) is 48.5 Å². The Morgan fingerprint density at radius 3 is 2.34 bits per heavy atom. The van der Waals surface area contributed by atoms with Crippen molar-refractivity contribution in [1.29, 1.82) is 0 Å². The third-order valence-corrected chi connectivity index (χ3v) is 6.85. The van der Waals surface area contributed by atoms with Gasteiger partial charge < -0.3 is 30.3 Å². The molecule has 8 nitrogen and oxygen atoms in total. The first-order valence-corrected chi connectivity index (χ1v) is 12.5. The predicted molar refractivity (Wildman–Crippen MR) is 132 cm³/mol. The van der Waals surface area contributed by atoms with Gasteiger partial charge in [0.1, 0.15) is 0 Å². The molecule has 2 aromatic carbocycles. The van der Waals surface area contributed by atoms with Crippen LogP contribution in [-0.2, 0) is 22.6 Å². The largest absolute Gasteiger partial charge is 0.392 e. The highest BCUT2D eigenvalue weighted by molar-refractivity contribution is 5.73. The molecule has 0 bridgehead atoms. The second-order valence-electron chi connectivity index (χ2n) is 9.48. The Morgan fingerprint density at radius 2 is 1.71 bits per heavy atom. The van der Waals surface area contributed by atoms with Crippen LogP contribution in [0.5, 0.6) is 0 Å². The van der Waals surface area contributed by atoms with Crippen molar-refractivity contribution in [1.82, 2.24) is 15.5 Å². The molecule has 2 aromatic rings. The Hall–Kier alpha value is -2.49. The fraction of sp³-hybridized carbons (Fsp3) is 0.519. The molecule has 8 heteroatoms. The fourth-order valence-corrected chi connectivity index (χ4v) is 4.76. The molecular weight excluding hydrogens is 446 g/mol. The van der Waals surface area contributed by atoms with E-state index in [-0.39, 0.29) is 36.9 Å². The van der Waals surface area contributed by atoms with Gasteiger partial charge in [-0.25, -0.2) is 4.79 Å². The molecule has 0 aromatic heterocycles. The lowest BCUT2D eigenvalue weighted by Gasteiger charge is -2.42. The van der Waals surface area contributed by atoms with Crippen LogP contribution >= 0.6 is 0 Å². The molecule has 2 fully saturated rings. The van der Waals surface area contributed by atoms with E-state index < -0.39 is 6.29 Å². The summed E-state index contributed by atoms with van der Waals surface area (Å²) in [5.74, 6) is 0.101. The number of likely N-dealkylation sites (tertiary alicyclic amines) is 1. The predicted octanol–water partition coefficient (Wildman–Crippen LogP) is 2.86. The van der Waals surface area contributed by atoms with Crippen LogP contribution in [0, 0.1) is 5.92 Å². The molecule has 4 rings (SSSR count). The standard InChI is InChI=1S/C27H37N3O5/c1-3-28-27(33)29-14-19-4-10-22(11-5-19)26-34-24(16-30-13-12-23(32)15-30)18(2)25(35-26)21-8-6-20(17-31)7-9-21/h4-11,18,23-26,31-32H,3,12-17H2,1-2H3,(H2,28,29,33)/t18-,23-,24+,25+,26+/m0/s1. The summed E-state index contributed by atoms with van der Waals surface area (Å²) in [4.78, 5) is 13.9. The van der Waals surface area contributed by atoms with Gasteiger partial charge in [0.25, 0.3) is 0 Å². The van der Waals surface area contributed by atoms with Crippen molar-refractivity contribution in [2.45, 2.75) is 58.0 Å². The minimum absolute atomic E-state index is 0.00825. The van der Waals surface area contributed by atoms with E-state index in [1.54, 1.807) is 0 Å². The topological polar surface area (TPSA) is 103 Å². The Bertz CT molecular complexity index is 952. The van der Waals surface area contributed by atoms with Gasteiger partial charge in [0.2, 0.25) is 0 Å².